The number of primary amides is 1. The van der Waals surface area contributed by atoms with Gasteiger partial charge in [0.15, 0.2) is 12.0 Å². The van der Waals surface area contributed by atoms with E-state index >= 15 is 0 Å². The molecule has 4 aliphatic rings. The molecule has 1 amide bonds. The number of hydrogen-bond donors (Lipinski definition) is 2. The molecule has 0 spiro atoms. The molecule has 0 aliphatic carbocycles. The number of nitrogens with two attached hydrogens (primary N) is 1. The topological polar surface area (TPSA) is 122 Å². The number of nitrogens with zero attached hydrogens (tertiary/aromatic N) is 1. The van der Waals surface area contributed by atoms with Crippen molar-refractivity contribution in [3.8, 4) is 0 Å². The first kappa shape index (κ1) is 25.1. The average Bonchev–Trinajstić information content (AvgIpc) is 3.30. The van der Waals surface area contributed by atoms with E-state index < -0.39 is 50.5 Å². The third-order valence-corrected chi connectivity index (χ3v) is 7.91. The van der Waals surface area contributed by atoms with E-state index in [1.165, 1.54) is 0 Å². The van der Waals surface area contributed by atoms with Gasteiger partial charge in [-0.05, 0) is 38.0 Å². The van der Waals surface area contributed by atoms with Crippen LogP contribution in [0.4, 0.5) is 0 Å². The van der Waals surface area contributed by atoms with E-state index in [4.69, 9.17) is 45.1 Å². The molecule has 6 atom stereocenters. The largest absolute Gasteiger partial charge is 0.378 e. The molecule has 191 valence electrons. The molecular weight excluding hydrogens is 499 g/mol. The Kier molecular flexibility index (Phi) is 6.95. The Bertz CT molecular complexity index is 1040. The molecular formula is C23H29ClN2O8P. The second-order valence-corrected chi connectivity index (χ2v) is 11.3. The number of ether oxygens (including phenoxy) is 3. The highest BCUT2D eigenvalue weighted by atomic mass is 35.5. The van der Waals surface area contributed by atoms with Gasteiger partial charge in [-0.15, -0.1) is 0 Å². The minimum Gasteiger partial charge on any atom is -0.366 e. The van der Waals surface area contributed by atoms with Crippen LogP contribution in [-0.2, 0) is 32.6 Å². The summed E-state index contributed by atoms with van der Waals surface area (Å²) in [5.41, 5.74) is 6.76. The lowest BCUT2D eigenvalue weighted by molar-refractivity contribution is -0.202. The SMILES string of the molecule is CC1(C)O[C@@H]2[C@H](O1)C(CO[P]1(O)OCCC(c3cccc(Cl)c3)O1)O[C@H]2N1C=CCC(C(N)=O)=C1. The molecule has 3 unspecified atom stereocenters. The molecule has 1 aromatic carbocycles. The molecule has 3 N–H and O–H groups in total. The van der Waals surface area contributed by atoms with Gasteiger partial charge >= 0.3 is 8.17 Å². The second kappa shape index (κ2) is 9.70. The minimum absolute atomic E-state index is 0.0480. The smallest absolute Gasteiger partial charge is 0.366 e. The van der Waals surface area contributed by atoms with Gasteiger partial charge in [0.25, 0.3) is 0 Å². The highest BCUT2D eigenvalue weighted by Gasteiger charge is 2.57. The molecule has 0 aromatic heterocycles. The number of allylic oxidation sites excluding steroid dienone is 1. The number of halogens is 1. The van der Waals surface area contributed by atoms with Gasteiger partial charge in [0.1, 0.15) is 18.3 Å². The Morgan fingerprint density at radius 1 is 1.34 bits per heavy atom. The molecule has 5 rings (SSSR count). The molecule has 0 saturated carbocycles. The predicted octanol–water partition coefficient (Wildman–Crippen LogP) is 3.34. The molecule has 3 saturated heterocycles. The zero-order valence-electron chi connectivity index (χ0n) is 19.4. The maximum absolute atomic E-state index is 11.7. The van der Waals surface area contributed by atoms with Gasteiger partial charge in [0.2, 0.25) is 5.91 Å². The van der Waals surface area contributed by atoms with Crippen LogP contribution < -0.4 is 5.73 Å². The lowest BCUT2D eigenvalue weighted by Gasteiger charge is -2.37. The molecule has 0 bridgehead atoms. The van der Waals surface area contributed by atoms with E-state index in [2.05, 4.69) is 0 Å². The molecule has 1 radical (unpaired) electrons. The van der Waals surface area contributed by atoms with Gasteiger partial charge in [0.05, 0.1) is 19.3 Å². The Morgan fingerprint density at radius 2 is 2.14 bits per heavy atom. The number of benzene rings is 1. The number of amides is 1. The van der Waals surface area contributed by atoms with Crippen LogP contribution in [-0.4, -0.2) is 59.2 Å². The molecule has 35 heavy (non-hydrogen) atoms. The second-order valence-electron chi connectivity index (χ2n) is 9.22. The zero-order valence-corrected chi connectivity index (χ0v) is 21.1. The van der Waals surface area contributed by atoms with Crippen LogP contribution in [0.2, 0.25) is 5.02 Å². The molecule has 12 heteroatoms. The summed E-state index contributed by atoms with van der Waals surface area (Å²) in [5.74, 6) is -1.34. The van der Waals surface area contributed by atoms with Crippen molar-refractivity contribution in [1.82, 2.24) is 4.90 Å². The Hall–Kier alpha value is -1.59. The van der Waals surface area contributed by atoms with Crippen LogP contribution in [0.15, 0.2) is 48.3 Å². The van der Waals surface area contributed by atoms with Crippen molar-refractivity contribution >= 4 is 25.7 Å². The fourth-order valence-electron chi connectivity index (χ4n) is 4.62. The summed E-state index contributed by atoms with van der Waals surface area (Å²) in [4.78, 5) is 24.4. The number of rotatable bonds is 6. The van der Waals surface area contributed by atoms with E-state index in [9.17, 15) is 9.69 Å². The van der Waals surface area contributed by atoms with E-state index in [1.54, 1.807) is 23.2 Å². The number of fused-ring (bicyclic) bond motifs is 1. The van der Waals surface area contributed by atoms with Crippen LogP contribution in [0.3, 0.4) is 0 Å². The van der Waals surface area contributed by atoms with Crippen LogP contribution in [0.5, 0.6) is 0 Å². The number of carbonyl (C=O) groups excluding carboxylic acids is 1. The van der Waals surface area contributed by atoms with Gasteiger partial charge in [-0.3, -0.25) is 18.4 Å². The van der Waals surface area contributed by atoms with E-state index in [1.807, 2.05) is 38.3 Å². The summed E-state index contributed by atoms with van der Waals surface area (Å²) < 4.78 is 35.6. The van der Waals surface area contributed by atoms with E-state index in [-0.39, 0.29) is 13.2 Å². The van der Waals surface area contributed by atoms with Crippen LogP contribution in [0, 0.1) is 0 Å². The summed E-state index contributed by atoms with van der Waals surface area (Å²) >= 11 is 6.11. The molecule has 4 heterocycles. The van der Waals surface area contributed by atoms with E-state index in [0.717, 1.165) is 5.56 Å². The minimum atomic E-state index is -3.62. The van der Waals surface area contributed by atoms with Crippen molar-refractivity contribution in [1.29, 1.82) is 0 Å². The summed E-state index contributed by atoms with van der Waals surface area (Å²) in [6.45, 7) is 3.86. The van der Waals surface area contributed by atoms with E-state index in [0.29, 0.717) is 23.4 Å². The highest BCUT2D eigenvalue weighted by Crippen LogP contribution is 2.64. The van der Waals surface area contributed by atoms with Gasteiger partial charge in [0, 0.05) is 29.4 Å². The Morgan fingerprint density at radius 3 is 2.91 bits per heavy atom. The first-order valence-electron chi connectivity index (χ1n) is 11.4. The average molecular weight is 528 g/mol. The lowest BCUT2D eigenvalue weighted by Crippen LogP contribution is -2.40. The number of hydrogen-bond acceptors (Lipinski definition) is 9. The highest BCUT2D eigenvalue weighted by molar-refractivity contribution is 7.55. The maximum Gasteiger partial charge on any atom is 0.378 e. The summed E-state index contributed by atoms with van der Waals surface area (Å²) in [5, 5.41) is 0.582. The van der Waals surface area contributed by atoms with Crippen molar-refractivity contribution in [2.75, 3.05) is 13.2 Å². The predicted molar refractivity (Wildman–Crippen MR) is 126 cm³/mol. The molecule has 4 aliphatic heterocycles. The fraction of sp³-hybridized carbons (Fsp3) is 0.522. The third-order valence-electron chi connectivity index (χ3n) is 6.17. The van der Waals surface area contributed by atoms with Gasteiger partial charge < -0.3 is 29.7 Å². The van der Waals surface area contributed by atoms with Crippen molar-refractivity contribution in [3.63, 3.8) is 0 Å². The quantitative estimate of drug-likeness (QED) is 0.536. The van der Waals surface area contributed by atoms with Crippen LogP contribution in [0.1, 0.15) is 38.4 Å². The third kappa shape index (κ3) is 5.41. The van der Waals surface area contributed by atoms with Crippen molar-refractivity contribution in [3.05, 3.63) is 58.9 Å². The van der Waals surface area contributed by atoms with Crippen LogP contribution >= 0.6 is 19.8 Å². The zero-order chi connectivity index (χ0) is 24.8. The molecule has 3 fully saturated rings. The van der Waals surface area contributed by atoms with Gasteiger partial charge in [-0.1, -0.05) is 29.8 Å². The van der Waals surface area contributed by atoms with Crippen molar-refractivity contribution in [2.45, 2.75) is 63.1 Å². The monoisotopic (exact) mass is 527 g/mol. The molecule has 10 nitrogen and oxygen atoms in total. The first-order valence-corrected chi connectivity index (χ1v) is 13.3. The summed E-state index contributed by atoms with van der Waals surface area (Å²) in [6, 6.07) is 7.28. The number of carbonyl (C=O) groups is 1. The van der Waals surface area contributed by atoms with Crippen molar-refractivity contribution in [2.24, 2.45) is 5.73 Å². The Balaban J connectivity index is 1.28. The first-order chi connectivity index (χ1) is 16.6. The van der Waals surface area contributed by atoms with Crippen LogP contribution in [0.25, 0.3) is 0 Å². The lowest BCUT2D eigenvalue weighted by atomic mass is 10.1. The standard InChI is InChI=1S/C23H29ClN2O8P/c1-23(2)32-19-18(31-22(20(19)33-23)26-9-4-6-15(12-26)21(25)27)13-30-35(28)29-10-8-17(34-35)14-5-3-7-16(24)11-14/h3-5,7,9,11-12,17-20,22,28H,6,8,10,13H2,1-2H3,(H2,25,27)/t17?,18?,19-,20-,22-/m1/s1. The Labute approximate surface area is 209 Å². The summed E-state index contributed by atoms with van der Waals surface area (Å²) in [7, 11) is -3.62. The normalized spacial score (nSPS) is 36.2. The van der Waals surface area contributed by atoms with Crippen molar-refractivity contribution < 1.29 is 37.5 Å². The van der Waals surface area contributed by atoms with Gasteiger partial charge in [-0.2, -0.15) is 0 Å². The fourth-order valence-corrected chi connectivity index (χ4v) is 6.24. The van der Waals surface area contributed by atoms with Gasteiger partial charge in [-0.25, -0.2) is 0 Å². The maximum atomic E-state index is 11.7. The molecule has 1 aromatic rings. The summed E-state index contributed by atoms with van der Waals surface area (Å²) in [6.07, 6.45) is 3.78.